The van der Waals surface area contributed by atoms with Crippen molar-refractivity contribution in [2.24, 2.45) is 17.8 Å². The fourth-order valence-electron chi connectivity index (χ4n) is 4.79. The molecule has 2 aliphatic rings. The zero-order valence-electron chi connectivity index (χ0n) is 17.1. The minimum atomic E-state index is 0.165. The van der Waals surface area contributed by atoms with Gasteiger partial charge < -0.3 is 4.74 Å². The van der Waals surface area contributed by atoms with Gasteiger partial charge in [0.05, 0.1) is 18.3 Å². The van der Waals surface area contributed by atoms with Crippen LogP contribution in [-0.2, 0) is 16.1 Å². The molecule has 1 fully saturated rings. The number of fused-ring (bicyclic) bond motifs is 3. The maximum atomic E-state index is 12.9. The minimum Gasteiger partial charge on any atom is -0.376 e. The van der Waals surface area contributed by atoms with Crippen molar-refractivity contribution in [1.29, 1.82) is 0 Å². The smallest absolute Gasteiger partial charge is 0.136 e. The first-order valence-electron chi connectivity index (χ1n) is 10.9. The molecule has 1 unspecified atom stereocenters. The van der Waals surface area contributed by atoms with Crippen molar-refractivity contribution in [3.63, 3.8) is 0 Å². The van der Waals surface area contributed by atoms with E-state index in [0.29, 0.717) is 24.7 Å². The number of hydrogen-bond donors (Lipinski definition) is 0. The monoisotopic (exact) mass is 401 g/mol. The lowest BCUT2D eigenvalue weighted by Gasteiger charge is -2.28. The van der Waals surface area contributed by atoms with E-state index in [1.165, 1.54) is 5.56 Å². The Balaban J connectivity index is 1.11. The number of aromatic nitrogens is 3. The Morgan fingerprint density at radius 2 is 1.97 bits per heavy atom. The van der Waals surface area contributed by atoms with Gasteiger partial charge in [-0.15, -0.1) is 5.10 Å². The van der Waals surface area contributed by atoms with Crippen LogP contribution in [0.3, 0.4) is 0 Å². The first kappa shape index (κ1) is 19.2. The van der Waals surface area contributed by atoms with Crippen LogP contribution >= 0.6 is 0 Å². The third-order valence-electron chi connectivity index (χ3n) is 6.53. The van der Waals surface area contributed by atoms with Gasteiger partial charge in [-0.05, 0) is 37.2 Å². The van der Waals surface area contributed by atoms with E-state index in [1.807, 2.05) is 24.4 Å². The number of hydrogen-bond acceptors (Lipinski definition) is 4. The van der Waals surface area contributed by atoms with Crippen LogP contribution in [0.15, 0.2) is 48.8 Å². The molecule has 0 bridgehead atoms. The van der Waals surface area contributed by atoms with Crippen LogP contribution < -0.4 is 5.22 Å². The molecule has 5 nitrogen and oxygen atoms in total. The fourth-order valence-corrected chi connectivity index (χ4v) is 4.79. The first-order valence-corrected chi connectivity index (χ1v) is 10.9. The van der Waals surface area contributed by atoms with Crippen molar-refractivity contribution in [3.05, 3.63) is 65.1 Å². The second-order valence-corrected chi connectivity index (χ2v) is 8.64. The van der Waals surface area contributed by atoms with Crippen LogP contribution in [0, 0.1) is 17.8 Å². The van der Waals surface area contributed by atoms with Crippen LogP contribution in [0.4, 0.5) is 0 Å². The summed E-state index contributed by atoms with van der Waals surface area (Å²) >= 11 is 0. The van der Waals surface area contributed by atoms with Crippen LogP contribution in [0.1, 0.15) is 43.2 Å². The van der Waals surface area contributed by atoms with Gasteiger partial charge in [0.15, 0.2) is 0 Å². The van der Waals surface area contributed by atoms with E-state index in [0.717, 1.165) is 48.6 Å². The molecule has 0 N–H and O–H groups in total. The SMILES string of the molecule is O=C(CC1C=Cc2cn3nncc3c2=C1)C1CCC(COCc2ccccc2)CC1. The highest BCUT2D eigenvalue weighted by Crippen LogP contribution is 2.31. The van der Waals surface area contributed by atoms with Crippen LogP contribution in [0.2, 0.25) is 0 Å². The Kier molecular flexibility index (Phi) is 5.45. The molecule has 5 heteroatoms. The van der Waals surface area contributed by atoms with E-state index in [-0.39, 0.29) is 11.8 Å². The van der Waals surface area contributed by atoms with E-state index in [1.54, 1.807) is 10.7 Å². The average molecular weight is 402 g/mol. The second-order valence-electron chi connectivity index (χ2n) is 8.64. The second kappa shape index (κ2) is 8.52. The summed E-state index contributed by atoms with van der Waals surface area (Å²) in [6.07, 6.45) is 15.0. The molecular weight excluding hydrogens is 374 g/mol. The number of benzene rings is 1. The maximum Gasteiger partial charge on any atom is 0.136 e. The highest BCUT2D eigenvalue weighted by atomic mass is 16.5. The highest BCUT2D eigenvalue weighted by molar-refractivity contribution is 5.83. The normalized spacial score (nSPS) is 23.3. The Morgan fingerprint density at radius 3 is 2.80 bits per heavy atom. The molecule has 0 amide bonds. The van der Waals surface area contributed by atoms with Crippen molar-refractivity contribution >= 4 is 23.5 Å². The number of ketones is 1. The van der Waals surface area contributed by atoms with E-state index in [4.69, 9.17) is 4.74 Å². The summed E-state index contributed by atoms with van der Waals surface area (Å²) in [6, 6.07) is 10.3. The van der Waals surface area contributed by atoms with Gasteiger partial charge in [0.1, 0.15) is 5.78 Å². The summed E-state index contributed by atoms with van der Waals surface area (Å²) in [5, 5.41) is 9.18. The number of carbonyl (C=O) groups is 1. The summed E-state index contributed by atoms with van der Waals surface area (Å²) in [7, 11) is 0. The molecule has 2 heterocycles. The molecule has 0 aliphatic heterocycles. The third-order valence-corrected chi connectivity index (χ3v) is 6.53. The maximum absolute atomic E-state index is 12.9. The molecule has 0 saturated heterocycles. The molecule has 1 saturated carbocycles. The number of allylic oxidation sites excluding steroid dienone is 1. The van der Waals surface area contributed by atoms with Gasteiger partial charge in [0.2, 0.25) is 0 Å². The largest absolute Gasteiger partial charge is 0.376 e. The van der Waals surface area contributed by atoms with Crippen LogP contribution in [0.25, 0.3) is 17.7 Å². The Morgan fingerprint density at radius 1 is 1.13 bits per heavy atom. The number of nitrogens with zero attached hydrogens (tertiary/aromatic N) is 3. The number of rotatable bonds is 7. The lowest BCUT2D eigenvalue weighted by atomic mass is 9.78. The third kappa shape index (κ3) is 4.08. The van der Waals surface area contributed by atoms with Gasteiger partial charge in [0, 0.05) is 41.8 Å². The zero-order chi connectivity index (χ0) is 20.3. The minimum absolute atomic E-state index is 0.165. The van der Waals surface area contributed by atoms with Gasteiger partial charge in [-0.1, -0.05) is 53.8 Å². The topological polar surface area (TPSA) is 56.5 Å². The summed E-state index contributed by atoms with van der Waals surface area (Å²) in [4.78, 5) is 12.9. The molecule has 1 atom stereocenters. The molecule has 2 aliphatic carbocycles. The first-order chi connectivity index (χ1) is 14.8. The standard InChI is InChI=1S/C25H27N3O2/c29-25(13-20-8-11-22-15-28-24(14-26-27-28)23(22)12-20)21-9-6-19(7-10-21)17-30-16-18-4-2-1-3-5-18/h1-5,8,11-12,14-15,19-21H,6-7,9-10,13,16-17H2. The van der Waals surface area contributed by atoms with Gasteiger partial charge in [-0.3, -0.25) is 4.79 Å². The van der Waals surface area contributed by atoms with E-state index in [9.17, 15) is 4.79 Å². The predicted molar refractivity (Wildman–Crippen MR) is 116 cm³/mol. The van der Waals surface area contributed by atoms with Gasteiger partial charge >= 0.3 is 0 Å². The van der Waals surface area contributed by atoms with Crippen molar-refractivity contribution < 1.29 is 9.53 Å². The van der Waals surface area contributed by atoms with Crippen LogP contribution in [-0.4, -0.2) is 27.2 Å². The van der Waals surface area contributed by atoms with E-state index >= 15 is 0 Å². The van der Waals surface area contributed by atoms with Crippen molar-refractivity contribution in [1.82, 2.24) is 14.8 Å². The molecule has 154 valence electrons. The van der Waals surface area contributed by atoms with E-state index in [2.05, 4.69) is 40.7 Å². The molecule has 0 spiro atoms. The lowest BCUT2D eigenvalue weighted by molar-refractivity contribution is -0.124. The molecule has 0 radical (unpaired) electrons. The number of ether oxygens (including phenoxy) is 1. The molecule has 30 heavy (non-hydrogen) atoms. The predicted octanol–water partition coefficient (Wildman–Crippen LogP) is 3.85. The van der Waals surface area contributed by atoms with Gasteiger partial charge in [-0.25, -0.2) is 4.52 Å². The van der Waals surface area contributed by atoms with Crippen LogP contribution in [0.5, 0.6) is 0 Å². The summed E-state index contributed by atoms with van der Waals surface area (Å²) < 4.78 is 7.72. The van der Waals surface area contributed by atoms with Crippen molar-refractivity contribution in [2.45, 2.75) is 38.7 Å². The molecule has 1 aromatic carbocycles. The summed E-state index contributed by atoms with van der Waals surface area (Å²) in [5.74, 6) is 1.35. The zero-order valence-corrected chi connectivity index (χ0v) is 17.1. The Hall–Kier alpha value is -2.79. The molecule has 5 rings (SSSR count). The molecular formula is C25H27N3O2. The van der Waals surface area contributed by atoms with Crippen molar-refractivity contribution in [2.75, 3.05) is 6.61 Å². The Bertz CT molecular complexity index is 1090. The van der Waals surface area contributed by atoms with Crippen molar-refractivity contribution in [3.8, 4) is 0 Å². The number of carbonyl (C=O) groups excluding carboxylic acids is 1. The average Bonchev–Trinajstić information content (AvgIpc) is 3.37. The van der Waals surface area contributed by atoms with Gasteiger partial charge in [-0.2, -0.15) is 0 Å². The summed E-state index contributed by atoms with van der Waals surface area (Å²) in [5.41, 5.74) is 3.39. The highest BCUT2D eigenvalue weighted by Gasteiger charge is 2.27. The van der Waals surface area contributed by atoms with E-state index < -0.39 is 0 Å². The fraction of sp³-hybridized carbons (Fsp3) is 0.400. The van der Waals surface area contributed by atoms with Gasteiger partial charge in [0.25, 0.3) is 0 Å². The molecule has 2 aromatic heterocycles. The number of Topliss-reactive ketones (excluding diaryl/α,β-unsaturated/α-hetero) is 1. The quantitative estimate of drug-likeness (QED) is 0.603. The Labute approximate surface area is 176 Å². The lowest BCUT2D eigenvalue weighted by Crippen LogP contribution is -2.25. The molecule has 3 aromatic rings. The summed E-state index contributed by atoms with van der Waals surface area (Å²) in [6.45, 7) is 1.47.